The summed E-state index contributed by atoms with van der Waals surface area (Å²) in [4.78, 5) is 0. The van der Waals surface area contributed by atoms with Crippen molar-refractivity contribution in [3.8, 4) is 0 Å². The number of rotatable bonds is 4. The van der Waals surface area contributed by atoms with E-state index in [1.807, 2.05) is 0 Å². The van der Waals surface area contributed by atoms with E-state index in [1.54, 1.807) is 0 Å². The lowest BCUT2D eigenvalue weighted by atomic mass is 9.87. The molecule has 0 amide bonds. The van der Waals surface area contributed by atoms with Gasteiger partial charge in [-0.1, -0.05) is 13.3 Å². The van der Waals surface area contributed by atoms with E-state index in [9.17, 15) is 0 Å². The van der Waals surface area contributed by atoms with Crippen molar-refractivity contribution in [3.05, 3.63) is 0 Å². The molecule has 1 aliphatic heterocycles. The summed E-state index contributed by atoms with van der Waals surface area (Å²) in [6.45, 7) is 5.57. The molecule has 2 nitrogen and oxygen atoms in total. The maximum absolute atomic E-state index is 5.55. The maximum Gasteiger partial charge on any atom is -0.00174 e. The molecule has 1 heterocycles. The Morgan fingerprint density at radius 1 is 1.64 bits per heavy atom. The van der Waals surface area contributed by atoms with Crippen LogP contribution in [0, 0.1) is 11.8 Å². The molecule has 1 fully saturated rings. The van der Waals surface area contributed by atoms with Crippen LogP contribution in [0.4, 0.5) is 0 Å². The molecule has 2 heteroatoms. The fraction of sp³-hybridized carbons (Fsp3) is 1.00. The lowest BCUT2D eigenvalue weighted by molar-refractivity contribution is 0.329. The Balaban J connectivity index is 2.27. The van der Waals surface area contributed by atoms with Crippen LogP contribution < -0.4 is 11.1 Å². The Morgan fingerprint density at radius 2 is 2.45 bits per heavy atom. The summed E-state index contributed by atoms with van der Waals surface area (Å²) in [6.07, 6.45) is 3.87. The SMILES string of the molecule is CCC(CCN)C1CCNC1. The number of nitrogens with one attached hydrogen (secondary N) is 1. The highest BCUT2D eigenvalue weighted by molar-refractivity contribution is 4.77. The first kappa shape index (κ1) is 9.01. The predicted molar refractivity (Wildman–Crippen MR) is 48.4 cm³/mol. The van der Waals surface area contributed by atoms with Gasteiger partial charge in [-0.15, -0.1) is 0 Å². The largest absolute Gasteiger partial charge is 0.330 e. The summed E-state index contributed by atoms with van der Waals surface area (Å²) in [5, 5.41) is 3.40. The minimum absolute atomic E-state index is 0.856. The lowest BCUT2D eigenvalue weighted by Gasteiger charge is -2.20. The van der Waals surface area contributed by atoms with Crippen molar-refractivity contribution in [2.24, 2.45) is 17.6 Å². The molecular formula is C9H20N2. The molecular weight excluding hydrogens is 136 g/mol. The molecule has 0 saturated carbocycles. The van der Waals surface area contributed by atoms with E-state index in [0.717, 1.165) is 18.4 Å². The molecule has 1 aliphatic rings. The van der Waals surface area contributed by atoms with E-state index < -0.39 is 0 Å². The summed E-state index contributed by atoms with van der Waals surface area (Å²) in [7, 11) is 0. The molecule has 0 aliphatic carbocycles. The van der Waals surface area contributed by atoms with E-state index in [1.165, 1.54) is 32.4 Å². The molecule has 0 radical (unpaired) electrons. The topological polar surface area (TPSA) is 38.0 Å². The van der Waals surface area contributed by atoms with Gasteiger partial charge in [-0.2, -0.15) is 0 Å². The van der Waals surface area contributed by atoms with Crippen LogP contribution in [0.1, 0.15) is 26.2 Å². The number of hydrogen-bond donors (Lipinski definition) is 2. The molecule has 2 unspecified atom stereocenters. The molecule has 11 heavy (non-hydrogen) atoms. The zero-order valence-electron chi connectivity index (χ0n) is 7.47. The van der Waals surface area contributed by atoms with Crippen LogP contribution in [-0.4, -0.2) is 19.6 Å². The van der Waals surface area contributed by atoms with Gasteiger partial charge in [0.2, 0.25) is 0 Å². The normalized spacial score (nSPS) is 27.3. The summed E-state index contributed by atoms with van der Waals surface area (Å²) >= 11 is 0. The first-order valence-corrected chi connectivity index (χ1v) is 4.79. The van der Waals surface area contributed by atoms with E-state index in [-0.39, 0.29) is 0 Å². The van der Waals surface area contributed by atoms with Crippen LogP contribution in [0.25, 0.3) is 0 Å². The third-order valence-electron chi connectivity index (χ3n) is 2.83. The van der Waals surface area contributed by atoms with Gasteiger partial charge >= 0.3 is 0 Å². The highest BCUT2D eigenvalue weighted by atomic mass is 14.9. The number of nitrogens with two attached hydrogens (primary N) is 1. The van der Waals surface area contributed by atoms with Crippen LogP contribution in [0.2, 0.25) is 0 Å². The van der Waals surface area contributed by atoms with Gasteiger partial charge in [0.05, 0.1) is 0 Å². The van der Waals surface area contributed by atoms with Gasteiger partial charge in [-0.05, 0) is 44.3 Å². The van der Waals surface area contributed by atoms with Gasteiger partial charge in [0.25, 0.3) is 0 Å². The minimum Gasteiger partial charge on any atom is -0.330 e. The molecule has 66 valence electrons. The van der Waals surface area contributed by atoms with Crippen molar-refractivity contribution < 1.29 is 0 Å². The fourth-order valence-corrected chi connectivity index (χ4v) is 2.07. The average Bonchev–Trinajstić information content (AvgIpc) is 2.52. The molecule has 2 atom stereocenters. The van der Waals surface area contributed by atoms with Crippen molar-refractivity contribution in [1.29, 1.82) is 0 Å². The predicted octanol–water partition coefficient (Wildman–Crippen LogP) is 0.971. The zero-order chi connectivity index (χ0) is 8.10. The lowest BCUT2D eigenvalue weighted by Crippen LogP contribution is -2.20. The van der Waals surface area contributed by atoms with Crippen molar-refractivity contribution >= 4 is 0 Å². The molecule has 0 spiro atoms. The van der Waals surface area contributed by atoms with Crippen molar-refractivity contribution in [3.63, 3.8) is 0 Å². The quantitative estimate of drug-likeness (QED) is 0.636. The minimum atomic E-state index is 0.856. The van der Waals surface area contributed by atoms with Gasteiger partial charge in [0.1, 0.15) is 0 Å². The van der Waals surface area contributed by atoms with Gasteiger partial charge in [0.15, 0.2) is 0 Å². The second-order valence-corrected chi connectivity index (χ2v) is 3.50. The van der Waals surface area contributed by atoms with E-state index in [2.05, 4.69) is 12.2 Å². The van der Waals surface area contributed by atoms with Crippen molar-refractivity contribution in [1.82, 2.24) is 5.32 Å². The van der Waals surface area contributed by atoms with Gasteiger partial charge in [-0.25, -0.2) is 0 Å². The molecule has 0 aromatic rings. The van der Waals surface area contributed by atoms with Crippen molar-refractivity contribution in [2.75, 3.05) is 19.6 Å². The van der Waals surface area contributed by atoms with Crippen LogP contribution in [0.3, 0.4) is 0 Å². The van der Waals surface area contributed by atoms with Crippen LogP contribution in [0.15, 0.2) is 0 Å². The Labute approximate surface area is 69.5 Å². The Hall–Kier alpha value is -0.0800. The summed E-state index contributed by atoms with van der Waals surface area (Å²) in [5.74, 6) is 1.78. The smallest absolute Gasteiger partial charge is 0.00174 e. The third-order valence-corrected chi connectivity index (χ3v) is 2.83. The molecule has 0 aromatic carbocycles. The maximum atomic E-state index is 5.55. The summed E-state index contributed by atoms with van der Waals surface area (Å²) in [6, 6.07) is 0. The Bertz CT molecular complexity index is 97.7. The second-order valence-electron chi connectivity index (χ2n) is 3.50. The van der Waals surface area contributed by atoms with Gasteiger partial charge < -0.3 is 11.1 Å². The van der Waals surface area contributed by atoms with Gasteiger partial charge in [-0.3, -0.25) is 0 Å². The molecule has 3 N–H and O–H groups in total. The summed E-state index contributed by atoms with van der Waals surface area (Å²) < 4.78 is 0. The van der Waals surface area contributed by atoms with E-state index in [4.69, 9.17) is 5.73 Å². The first-order valence-electron chi connectivity index (χ1n) is 4.79. The molecule has 0 bridgehead atoms. The zero-order valence-corrected chi connectivity index (χ0v) is 7.47. The molecule has 1 saturated heterocycles. The Morgan fingerprint density at radius 3 is 2.91 bits per heavy atom. The summed E-state index contributed by atoms with van der Waals surface area (Å²) in [5.41, 5.74) is 5.55. The van der Waals surface area contributed by atoms with Crippen LogP contribution in [-0.2, 0) is 0 Å². The first-order chi connectivity index (χ1) is 5.38. The van der Waals surface area contributed by atoms with E-state index in [0.29, 0.717) is 0 Å². The fourth-order valence-electron chi connectivity index (χ4n) is 2.07. The van der Waals surface area contributed by atoms with E-state index >= 15 is 0 Å². The number of hydrogen-bond acceptors (Lipinski definition) is 2. The molecule has 0 aromatic heterocycles. The van der Waals surface area contributed by atoms with Gasteiger partial charge in [0, 0.05) is 0 Å². The highest BCUT2D eigenvalue weighted by Gasteiger charge is 2.22. The molecule has 1 rings (SSSR count). The average molecular weight is 156 g/mol. The van der Waals surface area contributed by atoms with Crippen LogP contribution >= 0.6 is 0 Å². The van der Waals surface area contributed by atoms with Crippen LogP contribution in [0.5, 0.6) is 0 Å². The highest BCUT2D eigenvalue weighted by Crippen LogP contribution is 2.24. The standard InChI is InChI=1S/C9H20N2/c1-2-8(3-5-10)9-4-6-11-7-9/h8-9,11H,2-7,10H2,1H3. The Kier molecular flexibility index (Phi) is 3.87. The second kappa shape index (κ2) is 4.73. The van der Waals surface area contributed by atoms with Crippen molar-refractivity contribution in [2.45, 2.75) is 26.2 Å². The monoisotopic (exact) mass is 156 g/mol. The third kappa shape index (κ3) is 2.46.